The van der Waals surface area contributed by atoms with Gasteiger partial charge in [0.15, 0.2) is 0 Å². The maximum absolute atomic E-state index is 7.61. The SMILES string of the molecule is [2H]C([2H])([2H])c1ccc(-c2cnc3sc4c(-c5nc6ccccc6n5C(C)C)cccc4c3c2)cc1. The monoisotopic (exact) mass is 436 g/mol. The van der Waals surface area contributed by atoms with Gasteiger partial charge in [0.1, 0.15) is 10.7 Å². The predicted molar refractivity (Wildman–Crippen MR) is 136 cm³/mol. The summed E-state index contributed by atoms with van der Waals surface area (Å²) in [6.07, 6.45) is 1.87. The van der Waals surface area contributed by atoms with Crippen LogP contribution in [-0.4, -0.2) is 14.5 Å². The van der Waals surface area contributed by atoms with Crippen LogP contribution in [0.25, 0.3) is 53.9 Å². The van der Waals surface area contributed by atoms with Crippen molar-refractivity contribution in [3.05, 3.63) is 84.6 Å². The first kappa shape index (κ1) is 16.2. The molecule has 0 amide bonds. The molecule has 0 aliphatic rings. The summed E-state index contributed by atoms with van der Waals surface area (Å²) in [5.41, 5.74) is 5.50. The van der Waals surface area contributed by atoms with Crippen molar-refractivity contribution in [1.82, 2.24) is 14.5 Å². The number of aryl methyl sites for hydroxylation is 1. The van der Waals surface area contributed by atoms with E-state index in [1.165, 1.54) is 4.70 Å². The zero-order valence-corrected chi connectivity index (χ0v) is 18.6. The Morgan fingerprint density at radius 1 is 0.906 bits per heavy atom. The van der Waals surface area contributed by atoms with Crippen LogP contribution < -0.4 is 0 Å². The van der Waals surface area contributed by atoms with Crippen molar-refractivity contribution in [3.8, 4) is 22.5 Å². The van der Waals surface area contributed by atoms with Crippen LogP contribution in [0.15, 0.2) is 79.0 Å². The Kier molecular flexibility index (Phi) is 3.68. The molecule has 0 aliphatic heterocycles. The molecule has 3 aromatic heterocycles. The average Bonchev–Trinajstić information content (AvgIpc) is 3.41. The number of thiophene rings is 1. The van der Waals surface area contributed by atoms with E-state index in [9.17, 15) is 0 Å². The van der Waals surface area contributed by atoms with Gasteiger partial charge < -0.3 is 4.57 Å². The third kappa shape index (κ3) is 2.94. The fourth-order valence-corrected chi connectivity index (χ4v) is 5.57. The van der Waals surface area contributed by atoms with Crippen molar-refractivity contribution >= 4 is 42.7 Å². The standard InChI is InChI=1S/C28H23N3S/c1-17(2)31-25-10-5-4-9-24(25)30-27(31)22-8-6-7-21-23-15-20(16-29-28(23)32-26(21)22)19-13-11-18(3)12-14-19/h4-17H,1-3H3/i3D3. The molecule has 0 unspecified atom stereocenters. The smallest absolute Gasteiger partial charge is 0.142 e. The molecular weight excluding hydrogens is 410 g/mol. The lowest BCUT2D eigenvalue weighted by atomic mass is 10.0. The zero-order valence-electron chi connectivity index (χ0n) is 20.8. The van der Waals surface area contributed by atoms with Gasteiger partial charge in [0, 0.05) is 43.0 Å². The van der Waals surface area contributed by atoms with E-state index in [2.05, 4.69) is 60.9 Å². The maximum Gasteiger partial charge on any atom is 0.142 e. The predicted octanol–water partition coefficient (Wildman–Crippen LogP) is 8.02. The minimum atomic E-state index is -2.10. The fourth-order valence-electron chi connectivity index (χ4n) is 4.44. The van der Waals surface area contributed by atoms with Gasteiger partial charge in [-0.05, 0) is 50.5 Å². The number of aromatic nitrogens is 3. The number of nitrogens with zero attached hydrogens (tertiary/aromatic N) is 3. The summed E-state index contributed by atoms with van der Waals surface area (Å²) >= 11 is 1.68. The number of hydrogen-bond donors (Lipinski definition) is 0. The molecule has 6 rings (SSSR count). The molecule has 0 fully saturated rings. The average molecular weight is 437 g/mol. The Labute approximate surface area is 195 Å². The second kappa shape index (κ2) is 7.28. The molecule has 0 atom stereocenters. The third-order valence-electron chi connectivity index (χ3n) is 5.93. The molecule has 0 bridgehead atoms. The van der Waals surface area contributed by atoms with Crippen LogP contribution >= 0.6 is 11.3 Å². The Bertz CT molecular complexity index is 1710. The highest BCUT2D eigenvalue weighted by atomic mass is 32.1. The molecule has 0 spiro atoms. The van der Waals surface area contributed by atoms with Gasteiger partial charge in [0.25, 0.3) is 0 Å². The summed E-state index contributed by atoms with van der Waals surface area (Å²) in [7, 11) is 0. The quantitative estimate of drug-likeness (QED) is 0.281. The Morgan fingerprint density at radius 2 is 1.75 bits per heavy atom. The van der Waals surface area contributed by atoms with Gasteiger partial charge in [-0.2, -0.15) is 0 Å². The van der Waals surface area contributed by atoms with Crippen molar-refractivity contribution < 1.29 is 4.11 Å². The summed E-state index contributed by atoms with van der Waals surface area (Å²) in [6, 6.07) is 24.1. The van der Waals surface area contributed by atoms with Crippen molar-refractivity contribution in [2.45, 2.75) is 26.7 Å². The second-order valence-electron chi connectivity index (χ2n) is 8.33. The molecule has 0 radical (unpaired) electrons. The van der Waals surface area contributed by atoms with Gasteiger partial charge in [-0.15, -0.1) is 11.3 Å². The molecule has 3 heterocycles. The van der Waals surface area contributed by atoms with Crippen molar-refractivity contribution in [2.24, 2.45) is 0 Å². The Balaban J connectivity index is 1.53. The number of imidazole rings is 1. The number of rotatable bonds is 3. The Morgan fingerprint density at radius 3 is 2.56 bits per heavy atom. The molecule has 32 heavy (non-hydrogen) atoms. The third-order valence-corrected chi connectivity index (χ3v) is 7.09. The molecule has 0 N–H and O–H groups in total. The van der Waals surface area contributed by atoms with E-state index in [-0.39, 0.29) is 6.04 Å². The maximum atomic E-state index is 7.61. The molecule has 3 nitrogen and oxygen atoms in total. The topological polar surface area (TPSA) is 30.7 Å². The summed E-state index contributed by atoms with van der Waals surface area (Å²) in [5, 5.41) is 2.25. The van der Waals surface area contributed by atoms with Gasteiger partial charge in [-0.3, -0.25) is 0 Å². The second-order valence-corrected chi connectivity index (χ2v) is 9.33. The lowest BCUT2D eigenvalue weighted by Crippen LogP contribution is -2.03. The van der Waals surface area contributed by atoms with Gasteiger partial charge in [-0.1, -0.05) is 54.1 Å². The molecule has 0 saturated carbocycles. The van der Waals surface area contributed by atoms with Crippen LogP contribution in [0.4, 0.5) is 0 Å². The molecule has 4 heteroatoms. The van der Waals surface area contributed by atoms with E-state index in [0.29, 0.717) is 5.56 Å². The van der Waals surface area contributed by atoms with E-state index >= 15 is 0 Å². The van der Waals surface area contributed by atoms with Crippen LogP contribution in [0.1, 0.15) is 29.6 Å². The fraction of sp³-hybridized carbons (Fsp3) is 0.143. The van der Waals surface area contributed by atoms with Gasteiger partial charge in [0.05, 0.1) is 11.0 Å². The van der Waals surface area contributed by atoms with E-state index in [0.717, 1.165) is 49.2 Å². The molecule has 0 saturated heterocycles. The lowest BCUT2D eigenvalue weighted by molar-refractivity contribution is 0.625. The number of pyridine rings is 1. The van der Waals surface area contributed by atoms with Gasteiger partial charge >= 0.3 is 0 Å². The van der Waals surface area contributed by atoms with E-state index < -0.39 is 6.85 Å². The normalized spacial score (nSPS) is 13.7. The van der Waals surface area contributed by atoms with E-state index in [4.69, 9.17) is 14.1 Å². The minimum absolute atomic E-state index is 0.268. The summed E-state index contributed by atoms with van der Waals surface area (Å²) in [6.45, 7) is 2.27. The molecule has 0 aliphatic carbocycles. The molecule has 3 aromatic carbocycles. The highest BCUT2D eigenvalue weighted by molar-refractivity contribution is 7.26. The first-order chi connectivity index (χ1) is 16.8. The van der Waals surface area contributed by atoms with E-state index in [1.807, 2.05) is 24.4 Å². The van der Waals surface area contributed by atoms with Gasteiger partial charge in [-0.25, -0.2) is 9.97 Å². The van der Waals surface area contributed by atoms with Crippen LogP contribution in [0.5, 0.6) is 0 Å². The summed E-state index contributed by atoms with van der Waals surface area (Å²) in [4.78, 5) is 10.8. The lowest BCUT2D eigenvalue weighted by Gasteiger charge is -2.13. The largest absolute Gasteiger partial charge is 0.321 e. The van der Waals surface area contributed by atoms with E-state index in [1.54, 1.807) is 23.5 Å². The number of hydrogen-bond acceptors (Lipinski definition) is 3. The van der Waals surface area contributed by atoms with Crippen molar-refractivity contribution in [2.75, 3.05) is 0 Å². The first-order valence-electron chi connectivity index (χ1n) is 12.2. The molecule has 156 valence electrons. The summed E-state index contributed by atoms with van der Waals surface area (Å²) < 4.78 is 26.3. The summed E-state index contributed by atoms with van der Waals surface area (Å²) in [5.74, 6) is 0.971. The van der Waals surface area contributed by atoms with Crippen molar-refractivity contribution in [3.63, 3.8) is 0 Å². The molecule has 6 aromatic rings. The minimum Gasteiger partial charge on any atom is -0.321 e. The first-order valence-corrected chi connectivity index (χ1v) is 11.5. The van der Waals surface area contributed by atoms with Crippen LogP contribution in [0.3, 0.4) is 0 Å². The van der Waals surface area contributed by atoms with Crippen LogP contribution in [-0.2, 0) is 0 Å². The molecular formula is C28H23N3S. The van der Waals surface area contributed by atoms with Crippen LogP contribution in [0.2, 0.25) is 0 Å². The zero-order chi connectivity index (χ0) is 24.3. The van der Waals surface area contributed by atoms with Gasteiger partial charge in [0.2, 0.25) is 0 Å². The Hall–Kier alpha value is -3.50. The highest BCUT2D eigenvalue weighted by Crippen LogP contribution is 2.41. The van der Waals surface area contributed by atoms with Crippen LogP contribution in [0, 0.1) is 6.85 Å². The number of fused-ring (bicyclic) bond motifs is 4. The highest BCUT2D eigenvalue weighted by Gasteiger charge is 2.19. The number of benzene rings is 3. The van der Waals surface area contributed by atoms with Crippen molar-refractivity contribution in [1.29, 1.82) is 0 Å². The number of para-hydroxylation sites is 2.